The molecule has 1 aromatic carbocycles. The lowest BCUT2D eigenvalue weighted by atomic mass is 10.1. The monoisotopic (exact) mass is 386 g/mol. The maximum absolute atomic E-state index is 10.5. The first kappa shape index (κ1) is 16.7. The SMILES string of the molecule is Cn1cc2cc(-c3ccc4nc(N5CCNC6(CC6)C5)ccc4n3)c(O)cc2n1. The summed E-state index contributed by atoms with van der Waals surface area (Å²) in [5, 5.41) is 19.5. The fourth-order valence-corrected chi connectivity index (χ4v) is 4.35. The Bertz CT molecular complexity index is 1260. The largest absolute Gasteiger partial charge is 0.507 e. The van der Waals surface area contributed by atoms with Gasteiger partial charge in [0.05, 0.1) is 22.2 Å². The number of aryl methyl sites for hydroxylation is 1. The predicted molar refractivity (Wildman–Crippen MR) is 113 cm³/mol. The number of hydrogen-bond donors (Lipinski definition) is 2. The van der Waals surface area contributed by atoms with Gasteiger partial charge in [0.25, 0.3) is 0 Å². The van der Waals surface area contributed by atoms with E-state index < -0.39 is 0 Å². The van der Waals surface area contributed by atoms with E-state index in [4.69, 9.17) is 9.97 Å². The zero-order chi connectivity index (χ0) is 19.6. The average molecular weight is 386 g/mol. The van der Waals surface area contributed by atoms with Crippen molar-refractivity contribution >= 4 is 27.8 Å². The van der Waals surface area contributed by atoms with E-state index in [0.717, 1.165) is 53.1 Å². The summed E-state index contributed by atoms with van der Waals surface area (Å²) < 4.78 is 1.75. The molecule has 146 valence electrons. The Morgan fingerprint density at radius 1 is 1.03 bits per heavy atom. The molecule has 2 aliphatic rings. The van der Waals surface area contributed by atoms with Gasteiger partial charge in [-0.25, -0.2) is 9.97 Å². The van der Waals surface area contributed by atoms with Gasteiger partial charge < -0.3 is 15.3 Å². The number of hydrogen-bond acceptors (Lipinski definition) is 6. The van der Waals surface area contributed by atoms with Crippen LogP contribution in [0.25, 0.3) is 33.2 Å². The van der Waals surface area contributed by atoms with Crippen molar-refractivity contribution in [2.24, 2.45) is 7.05 Å². The summed E-state index contributed by atoms with van der Waals surface area (Å²) in [6.45, 7) is 3.01. The molecule has 1 aliphatic heterocycles. The van der Waals surface area contributed by atoms with Crippen LogP contribution in [0.3, 0.4) is 0 Å². The van der Waals surface area contributed by atoms with E-state index in [0.29, 0.717) is 11.1 Å². The summed E-state index contributed by atoms with van der Waals surface area (Å²) in [5.41, 5.74) is 4.22. The Morgan fingerprint density at radius 3 is 2.72 bits per heavy atom. The number of phenolic OH excluding ortho intramolecular Hbond substituents is 1. The van der Waals surface area contributed by atoms with Gasteiger partial charge in [-0.1, -0.05) is 0 Å². The summed E-state index contributed by atoms with van der Waals surface area (Å²) in [6, 6.07) is 11.6. The maximum atomic E-state index is 10.5. The van der Waals surface area contributed by atoms with Gasteiger partial charge >= 0.3 is 0 Å². The van der Waals surface area contributed by atoms with Crippen LogP contribution in [0.4, 0.5) is 5.82 Å². The standard InChI is InChI=1S/C22H22N6O/c1-27-12-14-10-15(20(29)11-19(14)26-27)16-2-3-18-17(24-16)4-5-21(25-18)28-9-8-23-22(13-28)6-7-22/h2-5,10-12,23,29H,6-9,13H2,1H3. The summed E-state index contributed by atoms with van der Waals surface area (Å²) in [5.74, 6) is 1.20. The molecule has 4 aromatic rings. The van der Waals surface area contributed by atoms with Gasteiger partial charge in [0.2, 0.25) is 0 Å². The number of anilines is 1. The topological polar surface area (TPSA) is 79.1 Å². The summed E-state index contributed by atoms with van der Waals surface area (Å²) in [6.07, 6.45) is 4.45. The Kier molecular flexibility index (Phi) is 3.41. The van der Waals surface area contributed by atoms with Gasteiger partial charge in [0.15, 0.2) is 0 Å². The lowest BCUT2D eigenvalue weighted by Gasteiger charge is -2.34. The van der Waals surface area contributed by atoms with Gasteiger partial charge in [-0.3, -0.25) is 4.68 Å². The van der Waals surface area contributed by atoms with Crippen molar-refractivity contribution in [3.8, 4) is 17.0 Å². The number of phenols is 1. The number of aromatic nitrogens is 4. The molecular formula is C22H22N6O. The third kappa shape index (κ3) is 2.81. The molecule has 7 heteroatoms. The first-order chi connectivity index (χ1) is 14.1. The molecule has 1 saturated carbocycles. The highest BCUT2D eigenvalue weighted by atomic mass is 16.3. The minimum absolute atomic E-state index is 0.183. The van der Waals surface area contributed by atoms with Crippen molar-refractivity contribution in [1.82, 2.24) is 25.1 Å². The van der Waals surface area contributed by atoms with Crippen molar-refractivity contribution in [1.29, 1.82) is 0 Å². The first-order valence-electron chi connectivity index (χ1n) is 10.0. The molecule has 1 aliphatic carbocycles. The van der Waals surface area contributed by atoms with Crippen LogP contribution in [0, 0.1) is 0 Å². The van der Waals surface area contributed by atoms with Gasteiger partial charge in [-0.15, -0.1) is 0 Å². The van der Waals surface area contributed by atoms with Gasteiger partial charge in [-0.2, -0.15) is 5.10 Å². The van der Waals surface area contributed by atoms with E-state index in [2.05, 4.69) is 21.4 Å². The molecule has 7 nitrogen and oxygen atoms in total. The van der Waals surface area contributed by atoms with Crippen molar-refractivity contribution in [2.45, 2.75) is 18.4 Å². The van der Waals surface area contributed by atoms with Crippen LogP contribution in [-0.4, -0.2) is 50.0 Å². The van der Waals surface area contributed by atoms with Gasteiger partial charge in [-0.05, 0) is 43.2 Å². The van der Waals surface area contributed by atoms with Crippen LogP contribution in [0.5, 0.6) is 5.75 Å². The van der Waals surface area contributed by atoms with E-state index in [1.54, 1.807) is 10.7 Å². The predicted octanol–water partition coefficient (Wildman–Crippen LogP) is 2.83. The number of rotatable bonds is 2. The minimum Gasteiger partial charge on any atom is -0.507 e. The van der Waals surface area contributed by atoms with Crippen molar-refractivity contribution in [3.05, 3.63) is 42.6 Å². The molecular weight excluding hydrogens is 364 g/mol. The highest BCUT2D eigenvalue weighted by Crippen LogP contribution is 2.38. The van der Waals surface area contributed by atoms with Crippen LogP contribution in [-0.2, 0) is 7.05 Å². The van der Waals surface area contributed by atoms with E-state index >= 15 is 0 Å². The fourth-order valence-electron chi connectivity index (χ4n) is 4.35. The second-order valence-electron chi connectivity index (χ2n) is 8.26. The Morgan fingerprint density at radius 2 is 1.86 bits per heavy atom. The Balaban J connectivity index is 1.37. The third-order valence-electron chi connectivity index (χ3n) is 6.09. The van der Waals surface area contributed by atoms with Crippen LogP contribution < -0.4 is 10.2 Å². The van der Waals surface area contributed by atoms with Crippen LogP contribution >= 0.6 is 0 Å². The van der Waals surface area contributed by atoms with E-state index in [-0.39, 0.29) is 5.75 Å². The zero-order valence-electron chi connectivity index (χ0n) is 16.3. The Labute approximate surface area is 168 Å². The molecule has 2 fully saturated rings. The van der Waals surface area contributed by atoms with Gasteiger partial charge in [0.1, 0.15) is 11.6 Å². The molecule has 0 radical (unpaired) electrons. The summed E-state index contributed by atoms with van der Waals surface area (Å²) in [4.78, 5) is 12.0. The number of piperazine rings is 1. The van der Waals surface area contributed by atoms with Crippen LogP contribution in [0.2, 0.25) is 0 Å². The fraction of sp³-hybridized carbons (Fsp3) is 0.318. The van der Waals surface area contributed by atoms with Gasteiger partial charge in [0, 0.05) is 55.4 Å². The number of fused-ring (bicyclic) bond motifs is 2. The molecule has 0 unspecified atom stereocenters. The van der Waals surface area contributed by atoms with Crippen molar-refractivity contribution in [2.75, 3.05) is 24.5 Å². The third-order valence-corrected chi connectivity index (χ3v) is 6.09. The number of nitrogens with one attached hydrogen (secondary N) is 1. The Hall–Kier alpha value is -3.19. The number of benzene rings is 1. The first-order valence-corrected chi connectivity index (χ1v) is 10.0. The molecule has 0 amide bonds. The molecule has 3 aromatic heterocycles. The highest BCUT2D eigenvalue weighted by Gasteiger charge is 2.45. The van der Waals surface area contributed by atoms with Crippen molar-refractivity contribution < 1.29 is 5.11 Å². The second-order valence-corrected chi connectivity index (χ2v) is 8.26. The van der Waals surface area contributed by atoms with Crippen LogP contribution in [0.1, 0.15) is 12.8 Å². The van der Waals surface area contributed by atoms with Crippen LogP contribution in [0.15, 0.2) is 42.6 Å². The smallest absolute Gasteiger partial charge is 0.129 e. The normalized spacial score (nSPS) is 18.0. The molecule has 4 heterocycles. The van der Waals surface area contributed by atoms with Crippen molar-refractivity contribution in [3.63, 3.8) is 0 Å². The lowest BCUT2D eigenvalue weighted by Crippen LogP contribution is -2.52. The van der Waals surface area contributed by atoms with E-state index in [9.17, 15) is 5.11 Å². The summed E-state index contributed by atoms with van der Waals surface area (Å²) in [7, 11) is 1.87. The molecule has 2 N–H and O–H groups in total. The van der Waals surface area contributed by atoms with E-state index in [1.807, 2.05) is 37.5 Å². The second kappa shape index (κ2) is 5.90. The molecule has 6 rings (SSSR count). The zero-order valence-corrected chi connectivity index (χ0v) is 16.3. The number of pyridine rings is 2. The molecule has 1 saturated heterocycles. The molecule has 0 bridgehead atoms. The number of nitrogens with zero attached hydrogens (tertiary/aromatic N) is 5. The molecule has 29 heavy (non-hydrogen) atoms. The molecule has 1 spiro atoms. The highest BCUT2D eigenvalue weighted by molar-refractivity contribution is 5.88. The number of aromatic hydroxyl groups is 1. The quantitative estimate of drug-likeness (QED) is 0.552. The minimum atomic E-state index is 0.183. The lowest BCUT2D eigenvalue weighted by molar-refractivity contribution is 0.440. The van der Waals surface area contributed by atoms with E-state index in [1.165, 1.54) is 12.8 Å². The summed E-state index contributed by atoms with van der Waals surface area (Å²) >= 11 is 0. The maximum Gasteiger partial charge on any atom is 0.129 e. The molecule has 0 atom stereocenters. The average Bonchev–Trinajstić information content (AvgIpc) is 3.36.